The molecule has 0 atom stereocenters. The van der Waals surface area contributed by atoms with Gasteiger partial charge in [-0.25, -0.2) is 4.98 Å². The summed E-state index contributed by atoms with van der Waals surface area (Å²) in [5, 5.41) is 13.3. The van der Waals surface area contributed by atoms with Gasteiger partial charge in [0.1, 0.15) is 5.69 Å². The number of rotatable bonds is 4. The number of nitrogen functional groups attached to an aromatic ring is 1. The van der Waals surface area contributed by atoms with Crippen LogP contribution in [-0.4, -0.2) is 27.2 Å². The lowest BCUT2D eigenvalue weighted by molar-refractivity contribution is 1.10. The van der Waals surface area contributed by atoms with Crippen molar-refractivity contribution in [2.75, 3.05) is 18.1 Å². The van der Waals surface area contributed by atoms with Crippen LogP contribution in [0.5, 0.6) is 0 Å². The molecule has 0 amide bonds. The highest BCUT2D eigenvalue weighted by atomic mass is 32.1. The Labute approximate surface area is 177 Å². The van der Waals surface area contributed by atoms with Crippen molar-refractivity contribution in [1.29, 1.82) is 0 Å². The van der Waals surface area contributed by atoms with Gasteiger partial charge in [0.2, 0.25) is 5.13 Å². The zero-order valence-electron chi connectivity index (χ0n) is 16.2. The Hall–Kier alpha value is -3.84. The summed E-state index contributed by atoms with van der Waals surface area (Å²) in [6.45, 7) is 0. The number of nitrogens with two attached hydrogens (primary N) is 1. The van der Waals surface area contributed by atoms with Gasteiger partial charge in [-0.2, -0.15) is 0 Å². The minimum absolute atomic E-state index is 0.418. The zero-order chi connectivity index (χ0) is 20.5. The molecule has 0 spiro atoms. The Morgan fingerprint density at radius 3 is 2.37 bits per heavy atom. The van der Waals surface area contributed by atoms with Gasteiger partial charge in [-0.05, 0) is 29.8 Å². The van der Waals surface area contributed by atoms with Crippen LogP contribution < -0.4 is 11.1 Å². The fourth-order valence-electron chi connectivity index (χ4n) is 3.45. The predicted octanol–water partition coefficient (Wildman–Crippen LogP) is 5.11. The van der Waals surface area contributed by atoms with Crippen LogP contribution in [0.15, 0.2) is 72.9 Å². The second-order valence-electron chi connectivity index (χ2n) is 6.75. The summed E-state index contributed by atoms with van der Waals surface area (Å²) < 4.78 is 0. The monoisotopic (exact) mass is 410 g/mol. The zero-order valence-corrected chi connectivity index (χ0v) is 17.0. The molecule has 0 bridgehead atoms. The molecule has 0 aliphatic rings. The van der Waals surface area contributed by atoms with E-state index in [1.54, 1.807) is 6.20 Å². The standard InChI is InChI=1S/C23H18N6S/c1-25-16-9-7-15(8-10-16)20-17(14-5-3-2-4-6-14)13-18-19(27-20)11-12-26-21(18)22-28-29-23(24)30-22/h2-13,25H,1H3,(H2,24,29). The average Bonchev–Trinajstić information content (AvgIpc) is 3.24. The molecule has 5 aromatic rings. The highest BCUT2D eigenvalue weighted by Crippen LogP contribution is 2.37. The molecule has 3 heterocycles. The SMILES string of the molecule is CNc1ccc(-c2nc3ccnc(-c4nnc(N)s4)c3cc2-c2ccccc2)cc1. The third-order valence-electron chi connectivity index (χ3n) is 4.92. The molecule has 146 valence electrons. The smallest absolute Gasteiger partial charge is 0.203 e. The first-order valence-corrected chi connectivity index (χ1v) is 10.3. The van der Waals surface area contributed by atoms with Crippen molar-refractivity contribution < 1.29 is 0 Å². The van der Waals surface area contributed by atoms with Crippen LogP contribution in [0.25, 0.3) is 44.0 Å². The van der Waals surface area contributed by atoms with E-state index in [2.05, 4.69) is 63.0 Å². The van der Waals surface area contributed by atoms with Gasteiger partial charge in [-0.3, -0.25) is 4.98 Å². The average molecular weight is 411 g/mol. The van der Waals surface area contributed by atoms with Gasteiger partial charge in [0, 0.05) is 35.4 Å². The Bertz CT molecular complexity index is 1330. The van der Waals surface area contributed by atoms with Crippen molar-refractivity contribution >= 4 is 33.1 Å². The van der Waals surface area contributed by atoms with Crippen molar-refractivity contribution in [3.8, 4) is 33.1 Å². The van der Waals surface area contributed by atoms with Gasteiger partial charge in [0.25, 0.3) is 0 Å². The number of aromatic nitrogens is 4. The molecule has 30 heavy (non-hydrogen) atoms. The van der Waals surface area contributed by atoms with E-state index in [1.165, 1.54) is 11.3 Å². The van der Waals surface area contributed by atoms with Crippen LogP contribution in [0.4, 0.5) is 10.8 Å². The molecule has 0 saturated heterocycles. The number of pyridine rings is 2. The van der Waals surface area contributed by atoms with E-state index in [-0.39, 0.29) is 0 Å². The van der Waals surface area contributed by atoms with Crippen molar-refractivity contribution in [2.24, 2.45) is 0 Å². The fourth-order valence-corrected chi connectivity index (χ4v) is 4.07. The lowest BCUT2D eigenvalue weighted by Crippen LogP contribution is -1.95. The summed E-state index contributed by atoms with van der Waals surface area (Å²) >= 11 is 1.32. The minimum atomic E-state index is 0.418. The number of hydrogen-bond acceptors (Lipinski definition) is 7. The Morgan fingerprint density at radius 1 is 0.867 bits per heavy atom. The lowest BCUT2D eigenvalue weighted by atomic mass is 9.97. The van der Waals surface area contributed by atoms with E-state index >= 15 is 0 Å². The third-order valence-corrected chi connectivity index (χ3v) is 5.68. The molecule has 7 heteroatoms. The molecule has 0 radical (unpaired) electrons. The maximum absolute atomic E-state index is 5.80. The summed E-state index contributed by atoms with van der Waals surface area (Å²) in [7, 11) is 1.91. The number of nitrogens with zero attached hydrogens (tertiary/aromatic N) is 4. The molecule has 0 unspecified atom stereocenters. The van der Waals surface area contributed by atoms with E-state index in [9.17, 15) is 0 Å². The molecule has 0 fully saturated rings. The van der Waals surface area contributed by atoms with Crippen molar-refractivity contribution in [3.63, 3.8) is 0 Å². The van der Waals surface area contributed by atoms with Gasteiger partial charge < -0.3 is 11.1 Å². The van der Waals surface area contributed by atoms with Gasteiger partial charge in [0.15, 0.2) is 5.01 Å². The quantitative estimate of drug-likeness (QED) is 0.428. The van der Waals surface area contributed by atoms with Gasteiger partial charge in [-0.15, -0.1) is 10.2 Å². The van der Waals surface area contributed by atoms with Gasteiger partial charge in [-0.1, -0.05) is 53.8 Å². The number of nitrogens with one attached hydrogen (secondary N) is 1. The van der Waals surface area contributed by atoms with E-state index in [1.807, 2.05) is 31.3 Å². The summed E-state index contributed by atoms with van der Waals surface area (Å²) in [5.41, 5.74) is 12.5. The van der Waals surface area contributed by atoms with Crippen LogP contribution in [-0.2, 0) is 0 Å². The van der Waals surface area contributed by atoms with E-state index < -0.39 is 0 Å². The number of hydrogen-bond donors (Lipinski definition) is 2. The van der Waals surface area contributed by atoms with Crippen LogP contribution >= 0.6 is 11.3 Å². The van der Waals surface area contributed by atoms with E-state index in [4.69, 9.17) is 10.7 Å². The highest BCUT2D eigenvalue weighted by Gasteiger charge is 2.16. The molecule has 2 aromatic carbocycles. The third kappa shape index (κ3) is 3.25. The largest absolute Gasteiger partial charge is 0.388 e. The molecule has 6 nitrogen and oxygen atoms in total. The van der Waals surface area contributed by atoms with Crippen LogP contribution in [0.2, 0.25) is 0 Å². The second-order valence-corrected chi connectivity index (χ2v) is 7.76. The molecular weight excluding hydrogens is 392 g/mol. The lowest BCUT2D eigenvalue weighted by Gasteiger charge is -2.13. The number of fused-ring (bicyclic) bond motifs is 1. The maximum atomic E-state index is 5.80. The van der Waals surface area contributed by atoms with Gasteiger partial charge in [0.05, 0.1) is 11.2 Å². The molecular formula is C23H18N6S. The molecule has 0 aliphatic heterocycles. The maximum Gasteiger partial charge on any atom is 0.203 e. The number of benzene rings is 2. The summed E-state index contributed by atoms with van der Waals surface area (Å²) in [6.07, 6.45) is 1.75. The van der Waals surface area contributed by atoms with Gasteiger partial charge >= 0.3 is 0 Å². The second kappa shape index (κ2) is 7.53. The Kier molecular flexibility index (Phi) is 4.57. The van der Waals surface area contributed by atoms with Crippen LogP contribution in [0.3, 0.4) is 0 Å². The van der Waals surface area contributed by atoms with Crippen LogP contribution in [0, 0.1) is 0 Å². The van der Waals surface area contributed by atoms with E-state index in [0.717, 1.165) is 44.7 Å². The summed E-state index contributed by atoms with van der Waals surface area (Å²) in [6, 6.07) is 22.6. The first kappa shape index (κ1) is 18.2. The first-order valence-electron chi connectivity index (χ1n) is 9.45. The predicted molar refractivity (Wildman–Crippen MR) is 123 cm³/mol. The normalized spacial score (nSPS) is 11.0. The fraction of sp³-hybridized carbons (Fsp3) is 0.0435. The highest BCUT2D eigenvalue weighted by molar-refractivity contribution is 7.18. The van der Waals surface area contributed by atoms with E-state index in [0.29, 0.717) is 10.1 Å². The summed E-state index contributed by atoms with van der Waals surface area (Å²) in [5.74, 6) is 0. The first-order chi connectivity index (χ1) is 14.7. The Morgan fingerprint density at radius 2 is 1.67 bits per heavy atom. The van der Waals surface area contributed by atoms with Crippen molar-refractivity contribution in [2.45, 2.75) is 0 Å². The molecule has 0 aliphatic carbocycles. The molecule has 3 N–H and O–H groups in total. The van der Waals surface area contributed by atoms with Crippen molar-refractivity contribution in [1.82, 2.24) is 20.2 Å². The minimum Gasteiger partial charge on any atom is -0.388 e. The topological polar surface area (TPSA) is 89.6 Å². The van der Waals surface area contributed by atoms with Crippen LogP contribution in [0.1, 0.15) is 0 Å². The Balaban J connectivity index is 1.79. The molecule has 0 saturated carbocycles. The summed E-state index contributed by atoms with van der Waals surface area (Å²) in [4.78, 5) is 9.59. The molecule has 3 aromatic heterocycles. The number of anilines is 2. The molecule has 5 rings (SSSR count). The van der Waals surface area contributed by atoms with Crippen molar-refractivity contribution in [3.05, 3.63) is 72.9 Å².